The number of anilines is 1. The van der Waals surface area contributed by atoms with E-state index in [1.807, 2.05) is 12.1 Å². The number of hydrogen-bond acceptors (Lipinski definition) is 5. The van der Waals surface area contributed by atoms with E-state index in [0.29, 0.717) is 0 Å². The second-order valence-corrected chi connectivity index (χ2v) is 10.3. The molecule has 2 aliphatic heterocycles. The van der Waals surface area contributed by atoms with E-state index in [-0.39, 0.29) is 0 Å². The van der Waals surface area contributed by atoms with E-state index in [4.69, 9.17) is 4.74 Å². The van der Waals surface area contributed by atoms with Crippen molar-refractivity contribution in [3.05, 3.63) is 71.4 Å². The Morgan fingerprint density at radius 1 is 0.944 bits per heavy atom. The van der Waals surface area contributed by atoms with E-state index in [1.54, 1.807) is 7.11 Å². The molecule has 2 aliphatic rings. The number of hydrogen-bond donors (Lipinski definition) is 1. The normalized spacial score (nSPS) is 16.8. The summed E-state index contributed by atoms with van der Waals surface area (Å²) in [5.41, 5.74) is 7.56. The Hall–Kier alpha value is -3.06. The monoisotopic (exact) mass is 485 g/mol. The highest BCUT2D eigenvalue weighted by atomic mass is 16.5. The highest BCUT2D eigenvalue weighted by Crippen LogP contribution is 2.41. The summed E-state index contributed by atoms with van der Waals surface area (Å²) in [5.74, 6) is 2.05. The number of para-hydroxylation sites is 1. The van der Waals surface area contributed by atoms with Gasteiger partial charge in [-0.15, -0.1) is 0 Å². The number of nitrogens with one attached hydrogen (secondary N) is 1. The van der Waals surface area contributed by atoms with Crippen LogP contribution in [0.5, 0.6) is 5.75 Å². The molecule has 190 valence electrons. The number of aromatic nitrogens is 1. The summed E-state index contributed by atoms with van der Waals surface area (Å²) >= 11 is 0. The number of fused-ring (bicyclic) bond motifs is 1. The molecule has 0 radical (unpaired) electrons. The molecule has 0 aliphatic carbocycles. The number of methoxy groups -OCH3 is 1. The first kappa shape index (κ1) is 24.6. The van der Waals surface area contributed by atoms with Crippen LogP contribution < -0.4 is 9.64 Å². The van der Waals surface area contributed by atoms with Crippen molar-refractivity contribution in [2.24, 2.45) is 0 Å². The Morgan fingerprint density at radius 2 is 1.72 bits per heavy atom. The van der Waals surface area contributed by atoms with Gasteiger partial charge in [0.15, 0.2) is 0 Å². The van der Waals surface area contributed by atoms with Crippen LogP contribution in [0.4, 0.5) is 5.82 Å². The highest BCUT2D eigenvalue weighted by molar-refractivity contribution is 5.96. The Labute approximate surface area is 215 Å². The van der Waals surface area contributed by atoms with Gasteiger partial charge in [-0.05, 0) is 42.9 Å². The van der Waals surface area contributed by atoms with Crippen molar-refractivity contribution in [2.75, 3.05) is 79.0 Å². The molecule has 3 heterocycles. The summed E-state index contributed by atoms with van der Waals surface area (Å²) in [6.45, 7) is 8.78. The van der Waals surface area contributed by atoms with Crippen LogP contribution in [-0.2, 0) is 6.54 Å². The van der Waals surface area contributed by atoms with Crippen molar-refractivity contribution in [2.45, 2.75) is 6.54 Å². The van der Waals surface area contributed by atoms with E-state index in [9.17, 15) is 0 Å². The van der Waals surface area contributed by atoms with Crippen molar-refractivity contribution in [1.82, 2.24) is 19.7 Å². The zero-order valence-electron chi connectivity index (χ0n) is 22.1. The van der Waals surface area contributed by atoms with E-state index in [1.165, 1.54) is 27.8 Å². The lowest BCUT2D eigenvalue weighted by atomic mass is 9.94. The molecule has 0 atom stereocenters. The number of benzene rings is 2. The third kappa shape index (κ3) is 5.36. The number of ether oxygens (including phenoxy) is 1. The van der Waals surface area contributed by atoms with E-state index < -0.39 is 0 Å². The van der Waals surface area contributed by atoms with E-state index in [2.05, 4.69) is 94.4 Å². The molecular weight excluding hydrogens is 446 g/mol. The van der Waals surface area contributed by atoms with Gasteiger partial charge < -0.3 is 19.5 Å². The summed E-state index contributed by atoms with van der Waals surface area (Å²) in [5, 5.41) is 0. The summed E-state index contributed by atoms with van der Waals surface area (Å²) in [6.07, 6.45) is 4.46. The first-order valence-corrected chi connectivity index (χ1v) is 13.0. The fourth-order valence-electron chi connectivity index (χ4n) is 5.34. The van der Waals surface area contributed by atoms with Gasteiger partial charge in [-0.25, -0.2) is 0 Å². The molecule has 0 amide bonds. The Bertz CT molecular complexity index is 1210. The quantitative estimate of drug-likeness (QED) is 0.513. The van der Waals surface area contributed by atoms with Gasteiger partial charge >= 0.3 is 0 Å². The van der Waals surface area contributed by atoms with Gasteiger partial charge in [-0.2, -0.15) is 0 Å². The molecule has 0 saturated carbocycles. The van der Waals surface area contributed by atoms with Gasteiger partial charge in [0.1, 0.15) is 11.6 Å². The van der Waals surface area contributed by atoms with Crippen LogP contribution in [0.2, 0.25) is 0 Å². The lowest BCUT2D eigenvalue weighted by Crippen LogP contribution is -2.47. The van der Waals surface area contributed by atoms with E-state index >= 15 is 0 Å². The summed E-state index contributed by atoms with van der Waals surface area (Å²) in [6, 6.07) is 17.4. The Morgan fingerprint density at radius 3 is 2.50 bits per heavy atom. The summed E-state index contributed by atoms with van der Waals surface area (Å²) in [7, 11) is 8.20. The SMILES string of the molecule is COc1ccccc1-c1c[nH]c2c1C=C(c1cccc(CN3CCN(CCN(C)C)CC3)c1)CN2C. The van der Waals surface area contributed by atoms with Crippen LogP contribution in [0.15, 0.2) is 54.7 Å². The van der Waals surface area contributed by atoms with Crippen LogP contribution >= 0.6 is 0 Å². The number of likely N-dealkylation sites (N-methyl/N-ethyl adjacent to an activating group) is 2. The largest absolute Gasteiger partial charge is 0.496 e. The first-order valence-electron chi connectivity index (χ1n) is 13.0. The summed E-state index contributed by atoms with van der Waals surface area (Å²) in [4.78, 5) is 13.3. The van der Waals surface area contributed by atoms with Crippen LogP contribution in [-0.4, -0.2) is 93.7 Å². The van der Waals surface area contributed by atoms with Crippen molar-refractivity contribution in [3.63, 3.8) is 0 Å². The third-order valence-corrected chi connectivity index (χ3v) is 7.44. The fraction of sp³-hybridized carbons (Fsp3) is 0.400. The predicted octanol–water partition coefficient (Wildman–Crippen LogP) is 4.36. The topological polar surface area (TPSA) is 38.0 Å². The Balaban J connectivity index is 1.33. The number of H-pyrrole nitrogens is 1. The third-order valence-electron chi connectivity index (χ3n) is 7.44. The van der Waals surface area contributed by atoms with Crippen LogP contribution in [0.25, 0.3) is 22.8 Å². The second-order valence-electron chi connectivity index (χ2n) is 10.3. The maximum absolute atomic E-state index is 5.66. The van der Waals surface area contributed by atoms with Crippen molar-refractivity contribution in [3.8, 4) is 16.9 Å². The lowest BCUT2D eigenvalue weighted by molar-refractivity contribution is 0.120. The minimum absolute atomic E-state index is 0.882. The predicted molar refractivity (Wildman–Crippen MR) is 151 cm³/mol. The van der Waals surface area contributed by atoms with Gasteiger partial charge in [-0.3, -0.25) is 9.80 Å². The van der Waals surface area contributed by atoms with Crippen LogP contribution in [0, 0.1) is 0 Å². The molecule has 6 heteroatoms. The van der Waals surface area contributed by atoms with Gasteiger partial charge in [-0.1, -0.05) is 42.5 Å². The molecule has 0 bridgehead atoms. The molecule has 1 fully saturated rings. The molecule has 5 rings (SSSR count). The molecule has 0 spiro atoms. The molecule has 2 aromatic carbocycles. The number of aromatic amines is 1. The number of piperazine rings is 1. The minimum Gasteiger partial charge on any atom is -0.496 e. The smallest absolute Gasteiger partial charge is 0.126 e. The second kappa shape index (κ2) is 10.9. The standard InChI is InChI=1S/C30H39N5O/c1-32(2)12-13-34-14-16-35(17-15-34)21-23-8-7-9-24(18-23)25-19-27-28(20-31-30(27)33(3)22-25)26-10-5-6-11-29(26)36-4/h5-11,18-20,31H,12-17,21-22H2,1-4H3. The lowest BCUT2D eigenvalue weighted by Gasteiger charge is -2.35. The highest BCUT2D eigenvalue weighted by Gasteiger charge is 2.23. The molecule has 0 unspecified atom stereocenters. The number of nitrogens with zero attached hydrogens (tertiary/aromatic N) is 4. The van der Waals surface area contributed by atoms with Crippen molar-refractivity contribution in [1.29, 1.82) is 0 Å². The molecule has 6 nitrogen and oxygen atoms in total. The van der Waals surface area contributed by atoms with Crippen LogP contribution in [0.3, 0.4) is 0 Å². The maximum Gasteiger partial charge on any atom is 0.126 e. The van der Waals surface area contributed by atoms with Gasteiger partial charge in [0.05, 0.1) is 7.11 Å². The van der Waals surface area contributed by atoms with Crippen molar-refractivity contribution >= 4 is 17.5 Å². The van der Waals surface area contributed by atoms with Gasteiger partial charge in [0.2, 0.25) is 0 Å². The Kier molecular flexibility index (Phi) is 7.46. The number of rotatable bonds is 8. The first-order chi connectivity index (χ1) is 17.5. The molecular formula is C30H39N5O. The molecule has 36 heavy (non-hydrogen) atoms. The van der Waals surface area contributed by atoms with E-state index in [0.717, 1.165) is 69.5 Å². The fourth-order valence-corrected chi connectivity index (χ4v) is 5.34. The average molecular weight is 486 g/mol. The zero-order valence-corrected chi connectivity index (χ0v) is 22.1. The minimum atomic E-state index is 0.882. The zero-order chi connectivity index (χ0) is 25.1. The van der Waals surface area contributed by atoms with Crippen LogP contribution in [0.1, 0.15) is 16.7 Å². The summed E-state index contributed by atoms with van der Waals surface area (Å²) < 4.78 is 5.66. The molecule has 1 saturated heterocycles. The van der Waals surface area contributed by atoms with Gasteiger partial charge in [0, 0.05) is 82.3 Å². The average Bonchev–Trinajstić information content (AvgIpc) is 3.33. The van der Waals surface area contributed by atoms with Crippen molar-refractivity contribution < 1.29 is 4.74 Å². The molecule has 1 N–H and O–H groups in total. The maximum atomic E-state index is 5.66. The molecule has 1 aromatic heterocycles. The van der Waals surface area contributed by atoms with Gasteiger partial charge in [0.25, 0.3) is 0 Å². The molecule has 3 aromatic rings.